The molecule has 0 aliphatic carbocycles. The van der Waals surface area contributed by atoms with Gasteiger partial charge in [0, 0.05) is 22.5 Å². The zero-order chi connectivity index (χ0) is 16.8. The van der Waals surface area contributed by atoms with Crippen LogP contribution in [-0.2, 0) is 6.61 Å². The molecule has 0 spiro atoms. The summed E-state index contributed by atoms with van der Waals surface area (Å²) in [5.41, 5.74) is 4.84. The average molecular weight is 331 g/mol. The monoisotopic (exact) mass is 331 g/mol. The van der Waals surface area contributed by atoms with Crippen molar-refractivity contribution in [3.8, 4) is 22.6 Å². The summed E-state index contributed by atoms with van der Waals surface area (Å²) in [7, 11) is 0. The van der Waals surface area contributed by atoms with Crippen LogP contribution in [0.5, 0.6) is 0 Å². The van der Waals surface area contributed by atoms with Crippen molar-refractivity contribution in [2.45, 2.75) is 6.61 Å². The van der Waals surface area contributed by atoms with Crippen LogP contribution < -0.4 is 0 Å². The molecule has 0 aliphatic heterocycles. The van der Waals surface area contributed by atoms with Crippen LogP contribution in [0, 0.1) is 0 Å². The number of aliphatic hydroxyl groups excluding tert-OH is 1. The fourth-order valence-electron chi connectivity index (χ4n) is 3.15. The molecule has 122 valence electrons. The largest absolute Gasteiger partial charge is 0.418 e. The van der Waals surface area contributed by atoms with E-state index in [0.29, 0.717) is 5.89 Å². The molecule has 0 saturated heterocycles. The van der Waals surface area contributed by atoms with Gasteiger partial charge in [0.1, 0.15) is 6.61 Å². The normalized spacial score (nSPS) is 11.6. The Hall–Kier alpha value is -3.45. The van der Waals surface area contributed by atoms with Crippen LogP contribution in [-0.4, -0.2) is 30.5 Å². The van der Waals surface area contributed by atoms with Gasteiger partial charge in [-0.3, -0.25) is 5.10 Å². The molecule has 2 aromatic carbocycles. The molecule has 5 rings (SSSR count). The van der Waals surface area contributed by atoms with E-state index in [4.69, 9.17) is 4.42 Å². The van der Waals surface area contributed by atoms with Gasteiger partial charge in [-0.2, -0.15) is 5.10 Å². The third-order valence-electron chi connectivity index (χ3n) is 4.30. The molecule has 5 aromatic rings. The number of fused-ring (bicyclic) bond motifs is 2. The number of nitrogens with one attached hydrogen (secondary N) is 2. The number of benzene rings is 2. The van der Waals surface area contributed by atoms with Crippen molar-refractivity contribution in [2.75, 3.05) is 0 Å². The Morgan fingerprint density at radius 3 is 2.84 bits per heavy atom. The van der Waals surface area contributed by atoms with Crippen molar-refractivity contribution in [3.05, 3.63) is 54.7 Å². The van der Waals surface area contributed by atoms with E-state index in [9.17, 15) is 5.11 Å². The van der Waals surface area contributed by atoms with Gasteiger partial charge in [0.05, 0.1) is 17.3 Å². The molecule has 0 aliphatic rings. The zero-order valence-electron chi connectivity index (χ0n) is 13.0. The average Bonchev–Trinajstić information content (AvgIpc) is 3.39. The minimum Gasteiger partial charge on any atom is -0.418 e. The predicted molar refractivity (Wildman–Crippen MR) is 92.6 cm³/mol. The maximum absolute atomic E-state index is 9.18. The molecule has 0 unspecified atom stereocenters. The van der Waals surface area contributed by atoms with Crippen LogP contribution in [0.15, 0.2) is 53.2 Å². The van der Waals surface area contributed by atoms with Crippen LogP contribution >= 0.6 is 0 Å². The fourth-order valence-corrected chi connectivity index (χ4v) is 3.15. The Balaban J connectivity index is 1.79. The summed E-state index contributed by atoms with van der Waals surface area (Å²) in [5, 5.41) is 26.2. The second-order valence-corrected chi connectivity index (χ2v) is 5.76. The molecule has 3 N–H and O–H groups in total. The Labute approximate surface area is 141 Å². The van der Waals surface area contributed by atoms with E-state index in [0.717, 1.165) is 38.5 Å². The SMILES string of the molecule is OCc1nnc(-c2cc(-c3cccc4[nH]ccc34)cc3[nH]ncc23)o1. The van der Waals surface area contributed by atoms with Crippen LogP contribution in [0.4, 0.5) is 0 Å². The first-order valence-electron chi connectivity index (χ1n) is 7.81. The Bertz CT molecular complexity index is 1200. The number of H-pyrrole nitrogens is 2. The minimum atomic E-state index is -0.288. The number of rotatable bonds is 3. The summed E-state index contributed by atoms with van der Waals surface area (Å²) in [6.07, 6.45) is 3.66. The van der Waals surface area contributed by atoms with Gasteiger partial charge in [0.25, 0.3) is 0 Å². The smallest absolute Gasteiger partial charge is 0.248 e. The van der Waals surface area contributed by atoms with Crippen molar-refractivity contribution in [3.63, 3.8) is 0 Å². The van der Waals surface area contributed by atoms with Gasteiger partial charge in [0.15, 0.2) is 0 Å². The van der Waals surface area contributed by atoms with Gasteiger partial charge in [-0.1, -0.05) is 12.1 Å². The molecule has 7 heteroatoms. The lowest BCUT2D eigenvalue weighted by molar-refractivity contribution is 0.241. The third-order valence-corrected chi connectivity index (χ3v) is 4.30. The summed E-state index contributed by atoms with van der Waals surface area (Å²) in [6.45, 7) is -0.288. The lowest BCUT2D eigenvalue weighted by atomic mass is 9.98. The predicted octanol–water partition coefficient (Wildman–Crippen LogP) is 3.25. The topological polar surface area (TPSA) is 104 Å². The highest BCUT2D eigenvalue weighted by molar-refractivity contribution is 6.01. The summed E-state index contributed by atoms with van der Waals surface area (Å²) in [4.78, 5) is 3.23. The molecular formula is C18H13N5O2. The maximum atomic E-state index is 9.18. The molecule has 25 heavy (non-hydrogen) atoms. The van der Waals surface area contributed by atoms with Crippen LogP contribution in [0.2, 0.25) is 0 Å². The van der Waals surface area contributed by atoms with Gasteiger partial charge < -0.3 is 14.5 Å². The van der Waals surface area contributed by atoms with E-state index in [2.05, 4.69) is 43.6 Å². The molecule has 0 atom stereocenters. The molecule has 0 fully saturated rings. The molecular weight excluding hydrogens is 318 g/mol. The standard InChI is InChI=1S/C18H13N5O2/c24-9-17-22-23-18(25-17)13-6-10(7-16-14(13)8-20-21-16)11-2-1-3-15-12(11)4-5-19-15/h1-8,19,24H,9H2,(H,20,21). The molecule has 0 radical (unpaired) electrons. The second-order valence-electron chi connectivity index (χ2n) is 5.76. The van der Waals surface area contributed by atoms with E-state index >= 15 is 0 Å². The van der Waals surface area contributed by atoms with Crippen molar-refractivity contribution < 1.29 is 9.52 Å². The molecule has 3 aromatic heterocycles. The van der Waals surface area contributed by atoms with Crippen molar-refractivity contribution in [1.29, 1.82) is 0 Å². The van der Waals surface area contributed by atoms with Gasteiger partial charge in [-0.15, -0.1) is 10.2 Å². The summed E-state index contributed by atoms with van der Waals surface area (Å²) in [5.74, 6) is 0.545. The highest BCUT2D eigenvalue weighted by Crippen LogP contribution is 2.35. The number of nitrogens with zero attached hydrogens (tertiary/aromatic N) is 3. The molecule has 0 saturated carbocycles. The van der Waals surface area contributed by atoms with E-state index in [1.807, 2.05) is 24.4 Å². The van der Waals surface area contributed by atoms with Crippen molar-refractivity contribution in [2.24, 2.45) is 0 Å². The first-order chi connectivity index (χ1) is 12.3. The highest BCUT2D eigenvalue weighted by Gasteiger charge is 2.16. The van der Waals surface area contributed by atoms with Gasteiger partial charge in [-0.05, 0) is 35.4 Å². The number of aromatic nitrogens is 5. The van der Waals surface area contributed by atoms with Crippen LogP contribution in [0.3, 0.4) is 0 Å². The third kappa shape index (κ3) is 2.14. The number of hydrogen-bond donors (Lipinski definition) is 3. The molecule has 0 amide bonds. The van der Waals surface area contributed by atoms with Crippen LogP contribution in [0.25, 0.3) is 44.4 Å². The first-order valence-corrected chi connectivity index (χ1v) is 7.81. The van der Waals surface area contributed by atoms with E-state index in [1.165, 1.54) is 0 Å². The Morgan fingerprint density at radius 2 is 1.96 bits per heavy atom. The minimum absolute atomic E-state index is 0.185. The van der Waals surface area contributed by atoms with Gasteiger partial charge in [0.2, 0.25) is 11.8 Å². The van der Waals surface area contributed by atoms with Crippen molar-refractivity contribution in [1.82, 2.24) is 25.4 Å². The maximum Gasteiger partial charge on any atom is 0.248 e. The molecule has 0 bridgehead atoms. The Morgan fingerprint density at radius 1 is 1.00 bits per heavy atom. The van der Waals surface area contributed by atoms with Crippen LogP contribution in [0.1, 0.15) is 5.89 Å². The first kappa shape index (κ1) is 13.9. The van der Waals surface area contributed by atoms with Gasteiger partial charge in [-0.25, -0.2) is 0 Å². The molecule has 3 heterocycles. The van der Waals surface area contributed by atoms with E-state index in [1.54, 1.807) is 6.20 Å². The van der Waals surface area contributed by atoms with Crippen molar-refractivity contribution >= 4 is 21.8 Å². The molecule has 7 nitrogen and oxygen atoms in total. The lowest BCUT2D eigenvalue weighted by Gasteiger charge is -2.07. The summed E-state index contributed by atoms with van der Waals surface area (Å²) < 4.78 is 5.54. The quantitative estimate of drug-likeness (QED) is 0.471. The van der Waals surface area contributed by atoms with E-state index < -0.39 is 0 Å². The summed E-state index contributed by atoms with van der Waals surface area (Å²) >= 11 is 0. The number of hydrogen-bond acceptors (Lipinski definition) is 5. The highest BCUT2D eigenvalue weighted by atomic mass is 16.4. The van der Waals surface area contributed by atoms with Gasteiger partial charge >= 0.3 is 0 Å². The zero-order valence-corrected chi connectivity index (χ0v) is 13.0. The fraction of sp³-hybridized carbons (Fsp3) is 0.0556. The second kappa shape index (κ2) is 5.29. The number of aromatic amines is 2. The Kier molecular flexibility index (Phi) is 2.95. The number of aliphatic hydroxyl groups is 1. The summed E-state index contributed by atoms with van der Waals surface area (Å²) in [6, 6.07) is 12.2. The lowest BCUT2D eigenvalue weighted by Crippen LogP contribution is -1.85. The van der Waals surface area contributed by atoms with E-state index in [-0.39, 0.29) is 12.5 Å².